The molecule has 7 nitrogen and oxygen atoms in total. The van der Waals surface area contributed by atoms with Crippen LogP contribution in [0.3, 0.4) is 0 Å². The van der Waals surface area contributed by atoms with E-state index < -0.39 is 11.9 Å². The number of carbonyl (C=O) groups is 2. The van der Waals surface area contributed by atoms with Crippen molar-refractivity contribution in [1.29, 1.82) is 0 Å². The molecule has 0 unspecified atom stereocenters. The molecule has 1 aliphatic carbocycles. The van der Waals surface area contributed by atoms with E-state index in [1.165, 1.54) is 0 Å². The Morgan fingerprint density at radius 2 is 1.74 bits per heavy atom. The van der Waals surface area contributed by atoms with Crippen LogP contribution in [0.5, 0.6) is 17.2 Å². The first kappa shape index (κ1) is 27.6. The Morgan fingerprint density at radius 1 is 1.00 bits per heavy atom. The number of benzene rings is 2. The maximum atomic E-state index is 13.9. The predicted octanol–water partition coefficient (Wildman–Crippen LogP) is 5.37. The largest absolute Gasteiger partial charge is 0.496 e. The third-order valence-corrected chi connectivity index (χ3v) is 7.90. The fraction of sp³-hybridized carbons (Fsp3) is 0.400. The maximum Gasteiger partial charge on any atom is 0.336 e. The van der Waals surface area contributed by atoms with Crippen molar-refractivity contribution in [2.75, 3.05) is 39.4 Å². The molecule has 202 valence electrons. The SMILES string of the molecule is CCSCCOC(=O)C1=C(C)NC2=C(C(=O)C[C@@H](c3ccc(OC)c(OC)c3)C2)[C@H]1c1ccccc1OC. The van der Waals surface area contributed by atoms with E-state index in [1.54, 1.807) is 33.1 Å². The molecule has 1 aliphatic heterocycles. The highest BCUT2D eigenvalue weighted by Crippen LogP contribution is 2.48. The molecule has 0 spiro atoms. The van der Waals surface area contributed by atoms with Gasteiger partial charge in [0.1, 0.15) is 12.4 Å². The number of ether oxygens (including phenoxy) is 4. The fourth-order valence-corrected chi connectivity index (χ4v) is 5.77. The summed E-state index contributed by atoms with van der Waals surface area (Å²) in [5.74, 6) is 2.54. The van der Waals surface area contributed by atoms with Crippen LogP contribution in [0.4, 0.5) is 0 Å². The second-order valence-electron chi connectivity index (χ2n) is 9.21. The van der Waals surface area contributed by atoms with Gasteiger partial charge in [0.2, 0.25) is 0 Å². The number of carbonyl (C=O) groups excluding carboxylic acids is 2. The molecule has 0 bridgehead atoms. The van der Waals surface area contributed by atoms with E-state index in [1.807, 2.05) is 49.4 Å². The highest BCUT2D eigenvalue weighted by atomic mass is 32.2. The molecule has 0 radical (unpaired) electrons. The lowest BCUT2D eigenvalue weighted by Gasteiger charge is -2.37. The van der Waals surface area contributed by atoms with Gasteiger partial charge in [-0.05, 0) is 48.8 Å². The van der Waals surface area contributed by atoms with E-state index in [-0.39, 0.29) is 11.7 Å². The summed E-state index contributed by atoms with van der Waals surface area (Å²) in [7, 11) is 4.80. The molecule has 2 aliphatic rings. The number of thioether (sulfide) groups is 1. The minimum atomic E-state index is -0.576. The van der Waals surface area contributed by atoms with Crippen LogP contribution in [0.2, 0.25) is 0 Å². The fourth-order valence-electron chi connectivity index (χ4n) is 5.28. The molecule has 1 N–H and O–H groups in total. The van der Waals surface area contributed by atoms with E-state index in [0.717, 1.165) is 28.3 Å². The lowest BCUT2D eigenvalue weighted by molar-refractivity contribution is -0.138. The van der Waals surface area contributed by atoms with Crippen molar-refractivity contribution in [3.63, 3.8) is 0 Å². The Morgan fingerprint density at radius 3 is 2.45 bits per heavy atom. The number of hydrogen-bond donors (Lipinski definition) is 1. The van der Waals surface area contributed by atoms with Gasteiger partial charge in [-0.2, -0.15) is 11.8 Å². The number of ketones is 1. The van der Waals surface area contributed by atoms with Gasteiger partial charge in [-0.3, -0.25) is 4.79 Å². The van der Waals surface area contributed by atoms with Gasteiger partial charge in [-0.15, -0.1) is 0 Å². The molecule has 0 fully saturated rings. The summed E-state index contributed by atoms with van der Waals surface area (Å²) >= 11 is 1.71. The van der Waals surface area contributed by atoms with Crippen LogP contribution in [0, 0.1) is 0 Å². The summed E-state index contributed by atoms with van der Waals surface area (Å²) in [5.41, 5.74) is 4.34. The summed E-state index contributed by atoms with van der Waals surface area (Å²) < 4.78 is 22.2. The van der Waals surface area contributed by atoms with Gasteiger partial charge in [0.05, 0.1) is 32.8 Å². The molecule has 1 heterocycles. The van der Waals surface area contributed by atoms with Crippen molar-refractivity contribution in [3.8, 4) is 17.2 Å². The van der Waals surface area contributed by atoms with Crippen LogP contribution < -0.4 is 19.5 Å². The lowest BCUT2D eigenvalue weighted by atomic mass is 9.71. The van der Waals surface area contributed by atoms with Gasteiger partial charge in [0.15, 0.2) is 17.3 Å². The van der Waals surface area contributed by atoms with Crippen molar-refractivity contribution in [2.24, 2.45) is 0 Å². The summed E-state index contributed by atoms with van der Waals surface area (Å²) in [6.07, 6.45) is 0.936. The van der Waals surface area contributed by atoms with Crippen LogP contribution in [-0.4, -0.2) is 51.2 Å². The number of allylic oxidation sites excluding steroid dienone is 3. The minimum absolute atomic E-state index is 0.00576. The van der Waals surface area contributed by atoms with Crippen molar-refractivity contribution in [1.82, 2.24) is 5.32 Å². The summed E-state index contributed by atoms with van der Waals surface area (Å²) in [4.78, 5) is 27.3. The Hall–Kier alpha value is -3.39. The minimum Gasteiger partial charge on any atom is -0.496 e. The molecule has 2 atom stereocenters. The number of hydrogen-bond acceptors (Lipinski definition) is 8. The standard InChI is InChI=1S/C30H35NO6S/c1-6-38-14-13-37-30(33)27-18(2)31-22-15-20(19-11-12-25(35-4)26(17-19)36-5)16-23(32)29(22)28(27)21-9-7-8-10-24(21)34-3/h7-12,17,20,28,31H,6,13-16H2,1-5H3/t20-,28-/m0/s1. The van der Waals surface area contributed by atoms with Crippen molar-refractivity contribution in [2.45, 2.75) is 38.5 Å². The van der Waals surface area contributed by atoms with Crippen molar-refractivity contribution >= 4 is 23.5 Å². The Balaban J connectivity index is 1.74. The lowest BCUT2D eigenvalue weighted by Crippen LogP contribution is -2.36. The highest BCUT2D eigenvalue weighted by molar-refractivity contribution is 7.99. The number of rotatable bonds is 10. The van der Waals surface area contributed by atoms with Crippen LogP contribution in [0.25, 0.3) is 0 Å². The van der Waals surface area contributed by atoms with Gasteiger partial charge in [0, 0.05) is 34.7 Å². The molecule has 0 saturated carbocycles. The molecule has 0 saturated heterocycles. The first-order valence-electron chi connectivity index (χ1n) is 12.8. The number of dihydropyridines is 1. The van der Waals surface area contributed by atoms with Crippen molar-refractivity contribution in [3.05, 3.63) is 76.1 Å². The third kappa shape index (κ3) is 5.55. The molecular weight excluding hydrogens is 502 g/mol. The number of para-hydroxylation sites is 1. The Labute approximate surface area is 228 Å². The average Bonchev–Trinajstić information content (AvgIpc) is 2.93. The number of esters is 1. The molecule has 0 aromatic heterocycles. The number of nitrogens with one attached hydrogen (secondary N) is 1. The molecule has 2 aromatic rings. The number of Topliss-reactive ketones (excluding diaryl/α,β-unsaturated/α-hetero) is 1. The Kier molecular flexibility index (Phi) is 9.05. The summed E-state index contributed by atoms with van der Waals surface area (Å²) in [5, 5.41) is 3.41. The van der Waals surface area contributed by atoms with E-state index in [0.29, 0.717) is 53.5 Å². The van der Waals surface area contributed by atoms with E-state index >= 15 is 0 Å². The molecule has 38 heavy (non-hydrogen) atoms. The summed E-state index contributed by atoms with van der Waals surface area (Å²) in [6.45, 7) is 4.25. The molecule has 8 heteroatoms. The van der Waals surface area contributed by atoms with Gasteiger partial charge >= 0.3 is 5.97 Å². The third-order valence-electron chi connectivity index (χ3n) is 7.04. The maximum absolute atomic E-state index is 13.9. The van der Waals surface area contributed by atoms with Crippen LogP contribution in [0.15, 0.2) is 65.0 Å². The van der Waals surface area contributed by atoms with Gasteiger partial charge in [-0.1, -0.05) is 31.2 Å². The molecular formula is C30H35NO6S. The van der Waals surface area contributed by atoms with Gasteiger partial charge in [0.25, 0.3) is 0 Å². The topological polar surface area (TPSA) is 83.1 Å². The van der Waals surface area contributed by atoms with E-state index in [2.05, 4.69) is 12.2 Å². The van der Waals surface area contributed by atoms with E-state index in [9.17, 15) is 9.59 Å². The predicted molar refractivity (Wildman–Crippen MR) is 149 cm³/mol. The normalized spacial score (nSPS) is 19.0. The molecule has 2 aromatic carbocycles. The van der Waals surface area contributed by atoms with Gasteiger partial charge < -0.3 is 24.3 Å². The Bertz CT molecular complexity index is 1270. The highest BCUT2D eigenvalue weighted by Gasteiger charge is 2.42. The summed E-state index contributed by atoms with van der Waals surface area (Å²) in [6, 6.07) is 13.3. The zero-order valence-electron chi connectivity index (χ0n) is 22.6. The zero-order chi connectivity index (χ0) is 27.2. The molecule has 0 amide bonds. The van der Waals surface area contributed by atoms with Crippen LogP contribution in [0.1, 0.15) is 49.7 Å². The molecule has 4 rings (SSSR count). The van der Waals surface area contributed by atoms with Crippen LogP contribution >= 0.6 is 11.8 Å². The zero-order valence-corrected chi connectivity index (χ0v) is 23.4. The monoisotopic (exact) mass is 537 g/mol. The second kappa shape index (κ2) is 12.4. The van der Waals surface area contributed by atoms with E-state index in [4.69, 9.17) is 18.9 Å². The van der Waals surface area contributed by atoms with Crippen LogP contribution in [-0.2, 0) is 14.3 Å². The number of methoxy groups -OCH3 is 3. The quantitative estimate of drug-likeness (QED) is 0.320. The smallest absolute Gasteiger partial charge is 0.336 e. The van der Waals surface area contributed by atoms with Gasteiger partial charge in [-0.25, -0.2) is 4.79 Å². The average molecular weight is 538 g/mol. The first-order chi connectivity index (χ1) is 18.4. The first-order valence-corrected chi connectivity index (χ1v) is 13.9. The van der Waals surface area contributed by atoms with Crippen molar-refractivity contribution < 1.29 is 28.5 Å². The second-order valence-corrected chi connectivity index (χ2v) is 10.6.